The summed E-state index contributed by atoms with van der Waals surface area (Å²) in [6.45, 7) is 3.13. The Hall–Kier alpha value is -2.36. The molecule has 0 radical (unpaired) electrons. The van der Waals surface area contributed by atoms with Crippen LogP contribution in [0.3, 0.4) is 0 Å². The average molecular weight is 448 g/mol. The Morgan fingerprint density at radius 3 is 2.20 bits per heavy atom. The van der Waals surface area contributed by atoms with Crippen molar-refractivity contribution in [2.24, 2.45) is 0 Å². The van der Waals surface area contributed by atoms with Crippen molar-refractivity contribution in [2.45, 2.75) is 16.7 Å². The van der Waals surface area contributed by atoms with Crippen LogP contribution in [0.15, 0.2) is 64.4 Å². The van der Waals surface area contributed by atoms with Gasteiger partial charge in [-0.15, -0.1) is 11.8 Å². The summed E-state index contributed by atoms with van der Waals surface area (Å²) in [5.41, 5.74) is 0.473. The molecule has 2 aromatic carbocycles. The molecule has 0 spiro atoms. The summed E-state index contributed by atoms with van der Waals surface area (Å²) in [5, 5.41) is 2.89. The number of benzene rings is 2. The maximum absolute atomic E-state index is 12.8. The minimum absolute atomic E-state index is 0.110. The quantitative estimate of drug-likeness (QED) is 0.401. The molecule has 1 heterocycles. The molecular weight excluding hydrogens is 422 g/mol. The predicted octanol–water partition coefficient (Wildman–Crippen LogP) is 2.70. The number of nitrogens with one attached hydrogen (secondary N) is 1. The lowest BCUT2D eigenvalue weighted by Crippen LogP contribution is -2.53. The summed E-state index contributed by atoms with van der Waals surface area (Å²) in [6.07, 6.45) is 0. The van der Waals surface area contributed by atoms with E-state index in [1.807, 2.05) is 30.3 Å². The van der Waals surface area contributed by atoms with Crippen LogP contribution in [0.4, 0.5) is 4.79 Å². The van der Waals surface area contributed by atoms with E-state index in [9.17, 15) is 18.0 Å². The molecule has 1 aliphatic rings. The van der Waals surface area contributed by atoms with E-state index in [2.05, 4.69) is 5.32 Å². The molecule has 0 atom stereocenters. The second kappa shape index (κ2) is 10.1. The zero-order chi connectivity index (χ0) is 21.6. The SMILES string of the molecule is CC(=O)c1ccc(S(=O)(=O)N2CCN(C(=O)NCCSc3ccccc3)CC2)cc1. The van der Waals surface area contributed by atoms with Gasteiger partial charge in [0.25, 0.3) is 0 Å². The highest BCUT2D eigenvalue weighted by Gasteiger charge is 2.30. The fourth-order valence-corrected chi connectivity index (χ4v) is 5.31. The number of hydrogen-bond donors (Lipinski definition) is 1. The van der Waals surface area contributed by atoms with Crippen LogP contribution in [0.25, 0.3) is 0 Å². The van der Waals surface area contributed by atoms with Crippen molar-refractivity contribution in [1.82, 2.24) is 14.5 Å². The van der Waals surface area contributed by atoms with Gasteiger partial charge in [0.1, 0.15) is 0 Å². The van der Waals surface area contributed by atoms with Crippen LogP contribution < -0.4 is 5.32 Å². The number of ketones is 1. The second-order valence-corrected chi connectivity index (χ2v) is 9.97. The molecule has 0 saturated carbocycles. The molecule has 160 valence electrons. The summed E-state index contributed by atoms with van der Waals surface area (Å²) >= 11 is 1.67. The van der Waals surface area contributed by atoms with E-state index in [1.165, 1.54) is 35.5 Å². The predicted molar refractivity (Wildman–Crippen MR) is 117 cm³/mol. The lowest BCUT2D eigenvalue weighted by molar-refractivity contribution is 0.101. The maximum atomic E-state index is 12.8. The normalized spacial score (nSPS) is 15.0. The molecule has 0 aliphatic carbocycles. The fourth-order valence-electron chi connectivity index (χ4n) is 3.10. The standard InChI is InChI=1S/C21H25N3O4S2/c1-17(25)18-7-9-20(10-8-18)30(27,28)24-14-12-23(13-15-24)21(26)22-11-16-29-19-5-3-2-4-6-19/h2-10H,11-16H2,1H3,(H,22,26). The van der Waals surface area contributed by atoms with Gasteiger partial charge in [0.2, 0.25) is 10.0 Å². The second-order valence-electron chi connectivity index (χ2n) is 6.87. The lowest BCUT2D eigenvalue weighted by Gasteiger charge is -2.34. The van der Waals surface area contributed by atoms with Crippen LogP contribution in [-0.4, -0.2) is 67.9 Å². The number of amides is 2. The third-order valence-corrected chi connectivity index (χ3v) is 7.74. The van der Waals surface area contributed by atoms with Gasteiger partial charge in [0, 0.05) is 48.9 Å². The van der Waals surface area contributed by atoms with E-state index in [0.29, 0.717) is 25.2 Å². The Morgan fingerprint density at radius 1 is 0.967 bits per heavy atom. The Bertz CT molecular complexity index is 971. The molecular formula is C21H25N3O4S2. The Morgan fingerprint density at radius 2 is 1.60 bits per heavy atom. The first-order valence-corrected chi connectivity index (χ1v) is 12.1. The summed E-state index contributed by atoms with van der Waals surface area (Å²) in [5.74, 6) is 0.654. The van der Waals surface area contributed by atoms with Crippen molar-refractivity contribution in [3.8, 4) is 0 Å². The average Bonchev–Trinajstić information content (AvgIpc) is 2.77. The third kappa shape index (κ3) is 5.62. The number of urea groups is 1. The highest BCUT2D eigenvalue weighted by molar-refractivity contribution is 7.99. The fraction of sp³-hybridized carbons (Fsp3) is 0.333. The number of carbonyl (C=O) groups is 2. The van der Waals surface area contributed by atoms with Crippen molar-refractivity contribution in [1.29, 1.82) is 0 Å². The van der Waals surface area contributed by atoms with Crippen LogP contribution in [0.2, 0.25) is 0 Å². The van der Waals surface area contributed by atoms with Gasteiger partial charge >= 0.3 is 6.03 Å². The molecule has 0 unspecified atom stereocenters. The monoisotopic (exact) mass is 447 g/mol. The van der Waals surface area contributed by atoms with Gasteiger partial charge in [-0.2, -0.15) is 4.31 Å². The van der Waals surface area contributed by atoms with Gasteiger partial charge < -0.3 is 10.2 Å². The van der Waals surface area contributed by atoms with Crippen LogP contribution in [0.5, 0.6) is 0 Å². The van der Waals surface area contributed by atoms with Crippen molar-refractivity contribution in [3.05, 3.63) is 60.2 Å². The highest BCUT2D eigenvalue weighted by atomic mass is 32.2. The van der Waals surface area contributed by atoms with E-state index in [1.54, 1.807) is 16.7 Å². The summed E-state index contributed by atoms with van der Waals surface area (Å²) in [7, 11) is -3.64. The molecule has 0 aromatic heterocycles. The Balaban J connectivity index is 1.46. The van der Waals surface area contributed by atoms with Gasteiger partial charge in [-0.25, -0.2) is 13.2 Å². The summed E-state index contributed by atoms with van der Waals surface area (Å²) < 4.78 is 27.0. The lowest BCUT2D eigenvalue weighted by atomic mass is 10.2. The van der Waals surface area contributed by atoms with E-state index in [4.69, 9.17) is 0 Å². The van der Waals surface area contributed by atoms with Crippen molar-refractivity contribution < 1.29 is 18.0 Å². The molecule has 7 nitrogen and oxygen atoms in total. The smallest absolute Gasteiger partial charge is 0.317 e. The zero-order valence-electron chi connectivity index (χ0n) is 16.8. The number of nitrogens with zero attached hydrogens (tertiary/aromatic N) is 2. The van der Waals surface area contributed by atoms with Gasteiger partial charge in [0.05, 0.1) is 4.90 Å². The summed E-state index contributed by atoms with van der Waals surface area (Å²) in [4.78, 5) is 26.7. The topological polar surface area (TPSA) is 86.8 Å². The third-order valence-electron chi connectivity index (χ3n) is 4.81. The highest BCUT2D eigenvalue weighted by Crippen LogP contribution is 2.19. The van der Waals surface area contributed by atoms with Gasteiger partial charge in [-0.1, -0.05) is 30.3 Å². The van der Waals surface area contributed by atoms with E-state index in [-0.39, 0.29) is 29.8 Å². The first-order valence-electron chi connectivity index (χ1n) is 9.70. The molecule has 0 bridgehead atoms. The van der Waals surface area contributed by atoms with Crippen molar-refractivity contribution >= 4 is 33.6 Å². The Kier molecular flexibility index (Phi) is 7.52. The molecule has 9 heteroatoms. The molecule has 1 saturated heterocycles. The van der Waals surface area contributed by atoms with Crippen LogP contribution in [0.1, 0.15) is 17.3 Å². The number of Topliss-reactive ketones (excluding diaryl/α,β-unsaturated/α-hetero) is 1. The first kappa shape index (κ1) is 22.3. The van der Waals surface area contributed by atoms with Gasteiger partial charge in [-0.3, -0.25) is 4.79 Å². The molecule has 1 fully saturated rings. The molecule has 2 amide bonds. The van der Waals surface area contributed by atoms with E-state index in [0.717, 1.165) is 10.6 Å². The van der Waals surface area contributed by atoms with E-state index < -0.39 is 10.0 Å². The summed E-state index contributed by atoms with van der Waals surface area (Å²) in [6, 6.07) is 15.8. The number of rotatable bonds is 7. The maximum Gasteiger partial charge on any atom is 0.317 e. The van der Waals surface area contributed by atoms with Crippen LogP contribution >= 0.6 is 11.8 Å². The van der Waals surface area contributed by atoms with E-state index >= 15 is 0 Å². The van der Waals surface area contributed by atoms with Crippen molar-refractivity contribution in [2.75, 3.05) is 38.5 Å². The molecule has 3 rings (SSSR count). The molecule has 1 N–H and O–H groups in total. The van der Waals surface area contributed by atoms with Gasteiger partial charge in [0.15, 0.2) is 5.78 Å². The van der Waals surface area contributed by atoms with Crippen LogP contribution in [-0.2, 0) is 10.0 Å². The molecule has 2 aromatic rings. The number of thioether (sulfide) groups is 1. The minimum Gasteiger partial charge on any atom is -0.337 e. The molecule has 1 aliphatic heterocycles. The number of piperazine rings is 1. The minimum atomic E-state index is -3.64. The zero-order valence-corrected chi connectivity index (χ0v) is 18.4. The largest absolute Gasteiger partial charge is 0.337 e. The van der Waals surface area contributed by atoms with Crippen molar-refractivity contribution in [3.63, 3.8) is 0 Å². The van der Waals surface area contributed by atoms with Gasteiger partial charge in [-0.05, 0) is 31.2 Å². The first-order chi connectivity index (χ1) is 14.4. The molecule has 30 heavy (non-hydrogen) atoms. The Labute approximate surface area is 181 Å². The van der Waals surface area contributed by atoms with Crippen LogP contribution in [0, 0.1) is 0 Å². The number of carbonyl (C=O) groups excluding carboxylic acids is 2. The number of hydrogen-bond acceptors (Lipinski definition) is 5. The number of sulfonamides is 1.